The second kappa shape index (κ2) is 6.52. The van der Waals surface area contributed by atoms with Crippen molar-refractivity contribution < 1.29 is 18.2 Å². The number of aryl methyl sites for hydroxylation is 1. The van der Waals surface area contributed by atoms with Gasteiger partial charge in [-0.2, -0.15) is 0 Å². The summed E-state index contributed by atoms with van der Waals surface area (Å²) in [4.78, 5) is 13.2. The zero-order chi connectivity index (χ0) is 18.2. The summed E-state index contributed by atoms with van der Waals surface area (Å²) >= 11 is 0. The van der Waals surface area contributed by atoms with Crippen LogP contribution in [0.4, 0.5) is 4.79 Å². The van der Waals surface area contributed by atoms with Crippen LogP contribution in [0.3, 0.4) is 0 Å². The molecule has 1 unspecified atom stereocenters. The molecule has 3 aromatic rings. The highest BCUT2D eigenvalue weighted by Gasteiger charge is 2.21. The van der Waals surface area contributed by atoms with Crippen LogP contribution in [0, 0.1) is 6.92 Å². The molecule has 1 aromatic carbocycles. The van der Waals surface area contributed by atoms with Crippen molar-refractivity contribution in [3.63, 3.8) is 0 Å². The van der Waals surface area contributed by atoms with Crippen LogP contribution in [0.5, 0.6) is 0 Å². The number of ether oxygens (including phenoxy) is 1. The first-order valence-electron chi connectivity index (χ1n) is 8.01. The molecule has 2 aromatic heterocycles. The average Bonchev–Trinajstić information content (AvgIpc) is 3.10. The van der Waals surface area contributed by atoms with E-state index in [1.54, 1.807) is 19.2 Å². The van der Waals surface area contributed by atoms with Gasteiger partial charge in [0.15, 0.2) is 0 Å². The van der Waals surface area contributed by atoms with Crippen LogP contribution in [0.1, 0.15) is 32.1 Å². The van der Waals surface area contributed by atoms with E-state index in [4.69, 9.17) is 9.15 Å². The maximum absolute atomic E-state index is 12.7. The molecular weight excluding hydrogens is 338 g/mol. The number of nitrogens with zero attached hydrogens (tertiary/aromatic N) is 1. The first-order valence-corrected chi connectivity index (χ1v) is 9.33. The van der Waals surface area contributed by atoms with E-state index in [0.29, 0.717) is 16.4 Å². The Kier molecular flexibility index (Phi) is 4.56. The van der Waals surface area contributed by atoms with Crippen molar-refractivity contribution in [2.24, 2.45) is 0 Å². The van der Waals surface area contributed by atoms with Gasteiger partial charge in [-0.3, -0.25) is 8.78 Å². The molecule has 0 N–H and O–H groups in total. The lowest BCUT2D eigenvalue weighted by atomic mass is 10.2. The molecule has 0 bridgehead atoms. The molecule has 1 atom stereocenters. The van der Waals surface area contributed by atoms with Crippen molar-refractivity contribution in [2.45, 2.75) is 43.9 Å². The van der Waals surface area contributed by atoms with Gasteiger partial charge in [-0.25, -0.2) is 4.79 Å². The van der Waals surface area contributed by atoms with Crippen LogP contribution in [0.15, 0.2) is 52.1 Å². The van der Waals surface area contributed by atoms with Crippen molar-refractivity contribution in [1.82, 2.24) is 4.57 Å². The fraction of sp³-hybridized carbons (Fsp3) is 0.316. The minimum atomic E-state index is -1.25. The van der Waals surface area contributed by atoms with Crippen LogP contribution in [-0.2, 0) is 21.3 Å². The number of fused-ring (bicyclic) bond motifs is 1. The molecule has 0 aliphatic rings. The van der Waals surface area contributed by atoms with Gasteiger partial charge in [-0.05, 0) is 45.4 Å². The molecule has 0 aliphatic heterocycles. The molecule has 0 fully saturated rings. The SMILES string of the molecule is Cc1occc1S(=O)Cc1cn(C(=O)OC(C)(C)C)c2ccccc12. The summed E-state index contributed by atoms with van der Waals surface area (Å²) in [7, 11) is -1.25. The topological polar surface area (TPSA) is 61.4 Å². The van der Waals surface area contributed by atoms with Gasteiger partial charge < -0.3 is 9.15 Å². The Balaban J connectivity index is 1.98. The minimum absolute atomic E-state index is 0.302. The van der Waals surface area contributed by atoms with E-state index >= 15 is 0 Å². The molecule has 6 heteroatoms. The predicted octanol–water partition coefficient (Wildman–Crippen LogP) is 4.63. The lowest BCUT2D eigenvalue weighted by molar-refractivity contribution is 0.0544. The van der Waals surface area contributed by atoms with Crippen LogP contribution in [0.25, 0.3) is 10.9 Å². The highest BCUT2D eigenvalue weighted by molar-refractivity contribution is 7.84. The van der Waals surface area contributed by atoms with Crippen molar-refractivity contribution in [3.05, 3.63) is 54.1 Å². The molecular formula is C19H21NO4S. The number of hydrogen-bond donors (Lipinski definition) is 0. The van der Waals surface area contributed by atoms with Crippen LogP contribution in [0.2, 0.25) is 0 Å². The third-order valence-electron chi connectivity index (χ3n) is 3.73. The molecule has 0 amide bonds. The van der Waals surface area contributed by atoms with E-state index in [0.717, 1.165) is 16.5 Å². The van der Waals surface area contributed by atoms with Crippen molar-refractivity contribution in [1.29, 1.82) is 0 Å². The number of carbonyl (C=O) groups is 1. The number of furan rings is 1. The predicted molar refractivity (Wildman–Crippen MR) is 97.1 cm³/mol. The van der Waals surface area contributed by atoms with Gasteiger partial charge in [0.05, 0.1) is 33.2 Å². The number of carbonyl (C=O) groups excluding carboxylic acids is 1. The standard InChI is InChI=1S/C19H21NO4S/c1-13-17(9-10-23-13)25(22)12-14-11-20(18(21)24-19(2,3)4)16-8-6-5-7-15(14)16/h5-11H,12H2,1-4H3. The van der Waals surface area contributed by atoms with E-state index in [9.17, 15) is 9.00 Å². The molecule has 0 radical (unpaired) electrons. The molecule has 3 rings (SSSR count). The van der Waals surface area contributed by atoms with Crippen LogP contribution < -0.4 is 0 Å². The second-order valence-electron chi connectivity index (χ2n) is 6.85. The average molecular weight is 359 g/mol. The summed E-state index contributed by atoms with van der Waals surface area (Å²) < 4.78 is 24.9. The number of aromatic nitrogens is 1. The first-order chi connectivity index (χ1) is 11.8. The zero-order valence-electron chi connectivity index (χ0n) is 14.7. The third kappa shape index (κ3) is 3.69. The highest BCUT2D eigenvalue weighted by Crippen LogP contribution is 2.26. The van der Waals surface area contributed by atoms with Gasteiger partial charge in [0, 0.05) is 11.6 Å². The normalized spacial score (nSPS) is 13.1. The van der Waals surface area contributed by atoms with Crippen LogP contribution >= 0.6 is 0 Å². The van der Waals surface area contributed by atoms with Gasteiger partial charge in [0.1, 0.15) is 11.4 Å². The second-order valence-corrected chi connectivity index (χ2v) is 8.27. The van der Waals surface area contributed by atoms with Crippen molar-refractivity contribution in [3.8, 4) is 0 Å². The Morgan fingerprint density at radius 3 is 2.60 bits per heavy atom. The molecule has 2 heterocycles. The van der Waals surface area contributed by atoms with Crippen LogP contribution in [-0.4, -0.2) is 20.5 Å². The fourth-order valence-electron chi connectivity index (χ4n) is 2.66. The Labute approximate surface area is 149 Å². The molecule has 0 saturated carbocycles. The third-order valence-corrected chi connectivity index (χ3v) is 5.22. The number of rotatable bonds is 3. The largest absolute Gasteiger partial charge is 0.468 e. The van der Waals surface area contributed by atoms with E-state index in [-0.39, 0.29) is 0 Å². The summed E-state index contributed by atoms with van der Waals surface area (Å²) in [6.45, 7) is 7.27. The van der Waals surface area contributed by atoms with Gasteiger partial charge >= 0.3 is 6.09 Å². The summed E-state index contributed by atoms with van der Waals surface area (Å²) in [5.41, 5.74) is 0.993. The molecule has 0 spiro atoms. The maximum atomic E-state index is 12.7. The van der Waals surface area contributed by atoms with Gasteiger partial charge in [0.25, 0.3) is 0 Å². The quantitative estimate of drug-likeness (QED) is 0.684. The number of para-hydroxylation sites is 1. The highest BCUT2D eigenvalue weighted by atomic mass is 32.2. The molecule has 5 nitrogen and oxygen atoms in total. The smallest absolute Gasteiger partial charge is 0.419 e. The van der Waals surface area contributed by atoms with E-state index in [1.807, 2.05) is 45.0 Å². The lowest BCUT2D eigenvalue weighted by Crippen LogP contribution is -2.26. The zero-order valence-corrected chi connectivity index (χ0v) is 15.6. The van der Waals surface area contributed by atoms with Gasteiger partial charge in [-0.15, -0.1) is 0 Å². The number of benzene rings is 1. The number of hydrogen-bond acceptors (Lipinski definition) is 4. The van der Waals surface area contributed by atoms with Crippen molar-refractivity contribution >= 4 is 27.8 Å². The van der Waals surface area contributed by atoms with E-state index in [1.165, 1.54) is 10.8 Å². The Hall–Kier alpha value is -2.34. The molecule has 25 heavy (non-hydrogen) atoms. The van der Waals surface area contributed by atoms with E-state index in [2.05, 4.69) is 0 Å². The molecule has 132 valence electrons. The summed E-state index contributed by atoms with van der Waals surface area (Å²) in [6.07, 6.45) is 2.80. The van der Waals surface area contributed by atoms with Gasteiger partial charge in [-0.1, -0.05) is 18.2 Å². The Morgan fingerprint density at radius 1 is 1.24 bits per heavy atom. The summed E-state index contributed by atoms with van der Waals surface area (Å²) in [5.74, 6) is 0.950. The van der Waals surface area contributed by atoms with Gasteiger partial charge in [0.2, 0.25) is 0 Å². The first kappa shape index (κ1) is 17.5. The minimum Gasteiger partial charge on any atom is -0.468 e. The monoisotopic (exact) mass is 359 g/mol. The summed E-state index contributed by atoms with van der Waals surface area (Å²) in [5, 5.41) is 0.892. The summed E-state index contributed by atoms with van der Waals surface area (Å²) in [6, 6.07) is 9.26. The lowest BCUT2D eigenvalue weighted by Gasteiger charge is -2.19. The van der Waals surface area contributed by atoms with E-state index < -0.39 is 22.5 Å². The fourth-order valence-corrected chi connectivity index (χ4v) is 3.90. The Morgan fingerprint density at radius 2 is 1.96 bits per heavy atom. The molecule has 0 saturated heterocycles. The molecule has 0 aliphatic carbocycles. The van der Waals surface area contributed by atoms with Crippen molar-refractivity contribution in [2.75, 3.05) is 0 Å². The maximum Gasteiger partial charge on any atom is 0.419 e. The Bertz CT molecular complexity index is 946.